The Hall–Kier alpha value is -1.32. The van der Waals surface area contributed by atoms with Crippen LogP contribution < -0.4 is 0 Å². The summed E-state index contributed by atoms with van der Waals surface area (Å²) >= 11 is 9.75. The SMILES string of the molecule is Cc1cc(C(Br)Cc2nc3ccccc3o2)ccc1Cl. The molecule has 0 saturated heterocycles. The van der Waals surface area contributed by atoms with Crippen molar-refractivity contribution in [1.82, 2.24) is 4.98 Å². The molecule has 0 fully saturated rings. The van der Waals surface area contributed by atoms with Crippen LogP contribution in [0.25, 0.3) is 11.1 Å². The summed E-state index contributed by atoms with van der Waals surface area (Å²) in [7, 11) is 0. The number of alkyl halides is 1. The summed E-state index contributed by atoms with van der Waals surface area (Å²) in [5.41, 5.74) is 3.98. The lowest BCUT2D eigenvalue weighted by Gasteiger charge is -2.09. The lowest BCUT2D eigenvalue weighted by molar-refractivity contribution is 0.527. The van der Waals surface area contributed by atoms with Gasteiger partial charge in [0.15, 0.2) is 11.5 Å². The molecule has 0 N–H and O–H groups in total. The van der Waals surface area contributed by atoms with Gasteiger partial charge in [0.25, 0.3) is 0 Å². The number of halogens is 2. The van der Waals surface area contributed by atoms with Gasteiger partial charge in [-0.05, 0) is 36.2 Å². The zero-order valence-corrected chi connectivity index (χ0v) is 13.3. The smallest absolute Gasteiger partial charge is 0.196 e. The van der Waals surface area contributed by atoms with Gasteiger partial charge in [-0.25, -0.2) is 4.98 Å². The number of fused-ring (bicyclic) bond motifs is 1. The zero-order valence-electron chi connectivity index (χ0n) is 10.9. The van der Waals surface area contributed by atoms with Gasteiger partial charge >= 0.3 is 0 Å². The fourth-order valence-corrected chi connectivity index (χ4v) is 2.82. The topological polar surface area (TPSA) is 26.0 Å². The van der Waals surface area contributed by atoms with E-state index >= 15 is 0 Å². The summed E-state index contributed by atoms with van der Waals surface area (Å²) in [5, 5.41) is 0.787. The maximum Gasteiger partial charge on any atom is 0.196 e. The first kappa shape index (κ1) is 13.7. The van der Waals surface area contributed by atoms with Crippen molar-refractivity contribution in [2.24, 2.45) is 0 Å². The van der Waals surface area contributed by atoms with E-state index in [1.165, 1.54) is 5.56 Å². The minimum Gasteiger partial charge on any atom is -0.441 e. The van der Waals surface area contributed by atoms with E-state index in [-0.39, 0.29) is 4.83 Å². The quantitative estimate of drug-likeness (QED) is 0.586. The second-order valence-electron chi connectivity index (χ2n) is 4.76. The van der Waals surface area contributed by atoms with Crippen LogP contribution >= 0.6 is 27.5 Å². The van der Waals surface area contributed by atoms with E-state index in [1.54, 1.807) is 0 Å². The second kappa shape index (κ2) is 5.58. The molecule has 1 atom stereocenters. The molecule has 0 aliphatic heterocycles. The molecule has 1 aromatic heterocycles. The molecule has 0 radical (unpaired) electrons. The maximum absolute atomic E-state index is 6.05. The van der Waals surface area contributed by atoms with Crippen LogP contribution in [0.15, 0.2) is 46.9 Å². The van der Waals surface area contributed by atoms with Crippen molar-refractivity contribution in [2.75, 3.05) is 0 Å². The summed E-state index contributed by atoms with van der Waals surface area (Å²) in [6.45, 7) is 2.00. The van der Waals surface area contributed by atoms with Crippen molar-refractivity contribution in [1.29, 1.82) is 0 Å². The number of rotatable bonds is 3. The van der Waals surface area contributed by atoms with Crippen molar-refractivity contribution < 1.29 is 4.42 Å². The number of hydrogen-bond acceptors (Lipinski definition) is 2. The van der Waals surface area contributed by atoms with E-state index in [0.717, 1.165) is 27.6 Å². The Morgan fingerprint density at radius 1 is 1.25 bits per heavy atom. The third-order valence-corrected chi connectivity index (χ3v) is 4.51. The predicted molar refractivity (Wildman–Crippen MR) is 85.6 cm³/mol. The molecule has 4 heteroatoms. The molecule has 102 valence electrons. The van der Waals surface area contributed by atoms with Gasteiger partial charge < -0.3 is 4.42 Å². The third-order valence-electron chi connectivity index (χ3n) is 3.24. The molecular weight excluding hydrogens is 338 g/mol. The molecule has 1 unspecified atom stereocenters. The molecule has 0 saturated carbocycles. The van der Waals surface area contributed by atoms with Crippen molar-refractivity contribution >= 4 is 38.6 Å². The highest BCUT2D eigenvalue weighted by Crippen LogP contribution is 2.30. The van der Waals surface area contributed by atoms with Gasteiger partial charge in [-0.3, -0.25) is 0 Å². The largest absolute Gasteiger partial charge is 0.441 e. The Bertz CT molecular complexity index is 720. The summed E-state index contributed by atoms with van der Waals surface area (Å²) in [4.78, 5) is 4.65. The molecule has 0 aliphatic carbocycles. The highest BCUT2D eigenvalue weighted by atomic mass is 79.9. The van der Waals surface area contributed by atoms with Gasteiger partial charge in [-0.2, -0.15) is 0 Å². The molecule has 2 aromatic carbocycles. The molecule has 0 bridgehead atoms. The number of oxazole rings is 1. The fraction of sp³-hybridized carbons (Fsp3) is 0.188. The predicted octanol–water partition coefficient (Wildman–Crippen LogP) is 5.47. The van der Waals surface area contributed by atoms with Crippen LogP contribution in [-0.2, 0) is 6.42 Å². The van der Waals surface area contributed by atoms with Crippen LogP contribution in [0.3, 0.4) is 0 Å². The number of benzene rings is 2. The average molecular weight is 351 g/mol. The van der Waals surface area contributed by atoms with Crippen molar-refractivity contribution in [3.8, 4) is 0 Å². The van der Waals surface area contributed by atoms with E-state index in [1.807, 2.05) is 43.3 Å². The molecule has 3 rings (SSSR count). The molecule has 1 heterocycles. The van der Waals surface area contributed by atoms with Gasteiger partial charge in [0, 0.05) is 16.3 Å². The summed E-state index contributed by atoms with van der Waals surface area (Å²) in [6, 6.07) is 13.8. The van der Waals surface area contributed by atoms with Gasteiger partial charge in [0.1, 0.15) is 5.52 Å². The van der Waals surface area contributed by atoms with Crippen LogP contribution in [0.5, 0.6) is 0 Å². The molecule has 2 nitrogen and oxygen atoms in total. The molecule has 0 aliphatic rings. The average Bonchev–Trinajstić information content (AvgIpc) is 2.83. The zero-order chi connectivity index (χ0) is 14.1. The number of para-hydroxylation sites is 2. The highest BCUT2D eigenvalue weighted by molar-refractivity contribution is 9.09. The van der Waals surface area contributed by atoms with Crippen LogP contribution in [-0.4, -0.2) is 4.98 Å². The number of aryl methyl sites for hydroxylation is 1. The fourth-order valence-electron chi connectivity index (χ4n) is 2.14. The molecule has 0 amide bonds. The molecular formula is C16H13BrClNO. The van der Waals surface area contributed by atoms with Gasteiger partial charge in [0.05, 0.1) is 0 Å². The van der Waals surface area contributed by atoms with E-state index in [0.29, 0.717) is 6.42 Å². The first-order valence-corrected chi connectivity index (χ1v) is 7.67. The minimum absolute atomic E-state index is 0.159. The van der Waals surface area contributed by atoms with E-state index < -0.39 is 0 Å². The molecule has 20 heavy (non-hydrogen) atoms. The Morgan fingerprint density at radius 3 is 2.80 bits per heavy atom. The lowest BCUT2D eigenvalue weighted by atomic mass is 10.1. The van der Waals surface area contributed by atoms with Gasteiger partial charge in [0.2, 0.25) is 0 Å². The van der Waals surface area contributed by atoms with Gasteiger partial charge in [-0.1, -0.05) is 51.8 Å². The summed E-state index contributed by atoms with van der Waals surface area (Å²) in [6.07, 6.45) is 0.704. The standard InChI is InChI=1S/C16H13BrClNO/c1-10-8-11(6-7-13(10)18)12(17)9-16-19-14-4-2-3-5-15(14)20-16/h2-8,12H,9H2,1H3. The summed E-state index contributed by atoms with van der Waals surface area (Å²) < 4.78 is 5.75. The minimum atomic E-state index is 0.159. The highest BCUT2D eigenvalue weighted by Gasteiger charge is 2.14. The normalized spacial score (nSPS) is 12.8. The van der Waals surface area contributed by atoms with Crippen molar-refractivity contribution in [3.05, 3.63) is 64.5 Å². The van der Waals surface area contributed by atoms with E-state index in [2.05, 4.69) is 27.0 Å². The Morgan fingerprint density at radius 2 is 2.05 bits per heavy atom. The Balaban J connectivity index is 1.84. The lowest BCUT2D eigenvalue weighted by Crippen LogP contribution is -1.96. The first-order chi connectivity index (χ1) is 9.63. The molecule has 0 spiro atoms. The van der Waals surface area contributed by atoms with E-state index in [4.69, 9.17) is 16.0 Å². The van der Waals surface area contributed by atoms with Crippen LogP contribution in [0.2, 0.25) is 5.02 Å². The molecule has 3 aromatic rings. The monoisotopic (exact) mass is 349 g/mol. The Labute approximate surface area is 130 Å². The first-order valence-electron chi connectivity index (χ1n) is 6.38. The second-order valence-corrected chi connectivity index (χ2v) is 6.27. The van der Waals surface area contributed by atoms with Crippen LogP contribution in [0, 0.1) is 6.92 Å². The summed E-state index contributed by atoms with van der Waals surface area (Å²) in [5.74, 6) is 0.737. The van der Waals surface area contributed by atoms with Crippen LogP contribution in [0.1, 0.15) is 21.8 Å². The van der Waals surface area contributed by atoms with Crippen LogP contribution in [0.4, 0.5) is 0 Å². The van der Waals surface area contributed by atoms with Gasteiger partial charge in [-0.15, -0.1) is 0 Å². The third kappa shape index (κ3) is 2.74. The van der Waals surface area contributed by atoms with Crippen molar-refractivity contribution in [3.63, 3.8) is 0 Å². The number of hydrogen-bond donors (Lipinski definition) is 0. The number of aromatic nitrogens is 1. The number of nitrogens with zero attached hydrogens (tertiary/aromatic N) is 1. The van der Waals surface area contributed by atoms with Crippen molar-refractivity contribution in [2.45, 2.75) is 18.2 Å². The van der Waals surface area contributed by atoms with E-state index in [9.17, 15) is 0 Å². The Kier molecular flexibility index (Phi) is 3.81. The maximum atomic E-state index is 6.05.